The molecule has 0 bridgehead atoms. The molecular formula is C16H20N4O2. The summed E-state index contributed by atoms with van der Waals surface area (Å²) in [5.41, 5.74) is 1.11. The Morgan fingerprint density at radius 2 is 2.14 bits per heavy atom. The first-order valence-corrected chi connectivity index (χ1v) is 7.53. The number of aryl methyl sites for hydroxylation is 1. The molecule has 6 nitrogen and oxygen atoms in total. The standard InChI is InChI=1S/C16H20N4O2/c1-13-9-19(16(21)7-8-20-12-17-11-18-20)10-15(22-13)14-5-3-2-4-6-14/h2-6,11-13,15H,7-10H2,1H3/t13-,15+/m1/s1. The van der Waals surface area contributed by atoms with Gasteiger partial charge in [0.2, 0.25) is 5.91 Å². The molecule has 0 spiro atoms. The highest BCUT2D eigenvalue weighted by molar-refractivity contribution is 5.76. The molecule has 1 saturated heterocycles. The van der Waals surface area contributed by atoms with Crippen LogP contribution >= 0.6 is 0 Å². The Balaban J connectivity index is 1.61. The van der Waals surface area contributed by atoms with Crippen molar-refractivity contribution in [1.29, 1.82) is 0 Å². The first-order chi connectivity index (χ1) is 10.7. The van der Waals surface area contributed by atoms with Gasteiger partial charge in [0, 0.05) is 13.0 Å². The highest BCUT2D eigenvalue weighted by Gasteiger charge is 2.29. The quantitative estimate of drug-likeness (QED) is 0.861. The predicted octanol–water partition coefficient (Wildman–Crippen LogP) is 1.66. The molecule has 1 aliphatic rings. The van der Waals surface area contributed by atoms with Crippen LogP contribution in [-0.4, -0.2) is 44.8 Å². The normalized spacial score (nSPS) is 21.8. The molecule has 2 atom stereocenters. The van der Waals surface area contributed by atoms with E-state index in [1.54, 1.807) is 11.0 Å². The fraction of sp³-hybridized carbons (Fsp3) is 0.438. The summed E-state index contributed by atoms with van der Waals surface area (Å²) in [6.45, 7) is 3.80. The number of amides is 1. The van der Waals surface area contributed by atoms with Crippen LogP contribution in [0.15, 0.2) is 43.0 Å². The average molecular weight is 300 g/mol. The van der Waals surface area contributed by atoms with E-state index in [1.807, 2.05) is 42.2 Å². The van der Waals surface area contributed by atoms with Gasteiger partial charge in [-0.15, -0.1) is 0 Å². The van der Waals surface area contributed by atoms with E-state index in [9.17, 15) is 4.79 Å². The first kappa shape index (κ1) is 14.7. The number of nitrogens with zero attached hydrogens (tertiary/aromatic N) is 4. The van der Waals surface area contributed by atoms with Crippen molar-refractivity contribution >= 4 is 5.91 Å². The highest BCUT2D eigenvalue weighted by Crippen LogP contribution is 2.25. The van der Waals surface area contributed by atoms with E-state index < -0.39 is 0 Å². The number of hydrogen-bond donors (Lipinski definition) is 0. The third kappa shape index (κ3) is 3.51. The van der Waals surface area contributed by atoms with E-state index >= 15 is 0 Å². The summed E-state index contributed by atoms with van der Waals surface area (Å²) < 4.78 is 7.66. The van der Waals surface area contributed by atoms with Crippen LogP contribution in [0.25, 0.3) is 0 Å². The molecule has 1 aromatic carbocycles. The molecular weight excluding hydrogens is 280 g/mol. The van der Waals surface area contributed by atoms with Crippen molar-refractivity contribution < 1.29 is 9.53 Å². The van der Waals surface area contributed by atoms with E-state index in [2.05, 4.69) is 10.1 Å². The summed E-state index contributed by atoms with van der Waals surface area (Å²) in [4.78, 5) is 18.2. The Labute approximate surface area is 129 Å². The number of aromatic nitrogens is 3. The lowest BCUT2D eigenvalue weighted by molar-refractivity contribution is -0.145. The van der Waals surface area contributed by atoms with Gasteiger partial charge in [-0.3, -0.25) is 9.48 Å². The van der Waals surface area contributed by atoms with Crippen LogP contribution in [0.1, 0.15) is 25.0 Å². The van der Waals surface area contributed by atoms with Gasteiger partial charge in [-0.1, -0.05) is 30.3 Å². The van der Waals surface area contributed by atoms with Gasteiger partial charge in [0.1, 0.15) is 18.8 Å². The summed E-state index contributed by atoms with van der Waals surface area (Å²) in [5.74, 6) is 0.131. The Bertz CT molecular complexity index is 600. The lowest BCUT2D eigenvalue weighted by Gasteiger charge is -2.37. The summed E-state index contributed by atoms with van der Waals surface area (Å²) in [7, 11) is 0. The Morgan fingerprint density at radius 3 is 2.86 bits per heavy atom. The Kier molecular flexibility index (Phi) is 4.48. The third-order valence-corrected chi connectivity index (χ3v) is 3.81. The number of benzene rings is 1. The maximum Gasteiger partial charge on any atom is 0.224 e. The van der Waals surface area contributed by atoms with E-state index in [1.165, 1.54) is 6.33 Å². The lowest BCUT2D eigenvalue weighted by atomic mass is 10.1. The molecule has 2 aromatic rings. The van der Waals surface area contributed by atoms with Gasteiger partial charge < -0.3 is 9.64 Å². The molecule has 22 heavy (non-hydrogen) atoms. The second-order valence-corrected chi connectivity index (χ2v) is 5.55. The number of carbonyl (C=O) groups excluding carboxylic acids is 1. The number of hydrogen-bond acceptors (Lipinski definition) is 4. The minimum absolute atomic E-state index is 0.0364. The Morgan fingerprint density at radius 1 is 1.32 bits per heavy atom. The van der Waals surface area contributed by atoms with Gasteiger partial charge in [-0.05, 0) is 12.5 Å². The number of rotatable bonds is 4. The molecule has 2 heterocycles. The molecule has 1 aliphatic heterocycles. The predicted molar refractivity (Wildman–Crippen MR) is 80.9 cm³/mol. The fourth-order valence-electron chi connectivity index (χ4n) is 2.72. The van der Waals surface area contributed by atoms with Crippen molar-refractivity contribution in [1.82, 2.24) is 19.7 Å². The molecule has 0 unspecified atom stereocenters. The molecule has 0 N–H and O–H groups in total. The summed E-state index contributed by atoms with van der Waals surface area (Å²) >= 11 is 0. The maximum absolute atomic E-state index is 12.4. The van der Waals surface area contributed by atoms with Crippen molar-refractivity contribution in [3.8, 4) is 0 Å². The average Bonchev–Trinajstić information content (AvgIpc) is 3.06. The summed E-state index contributed by atoms with van der Waals surface area (Å²) in [6.07, 6.45) is 3.52. The fourth-order valence-corrected chi connectivity index (χ4v) is 2.72. The van der Waals surface area contributed by atoms with Crippen molar-refractivity contribution in [2.24, 2.45) is 0 Å². The lowest BCUT2D eigenvalue weighted by Crippen LogP contribution is -2.46. The van der Waals surface area contributed by atoms with Crippen LogP contribution < -0.4 is 0 Å². The molecule has 0 aliphatic carbocycles. The van der Waals surface area contributed by atoms with Crippen LogP contribution in [0.2, 0.25) is 0 Å². The zero-order valence-electron chi connectivity index (χ0n) is 12.6. The van der Waals surface area contributed by atoms with Gasteiger partial charge in [-0.2, -0.15) is 5.10 Å². The van der Waals surface area contributed by atoms with Gasteiger partial charge in [0.15, 0.2) is 0 Å². The number of morpholine rings is 1. The van der Waals surface area contributed by atoms with Crippen LogP contribution in [0.3, 0.4) is 0 Å². The van der Waals surface area contributed by atoms with Crippen LogP contribution in [0.4, 0.5) is 0 Å². The van der Waals surface area contributed by atoms with Gasteiger partial charge in [0.25, 0.3) is 0 Å². The van der Waals surface area contributed by atoms with Crippen molar-refractivity contribution in [2.45, 2.75) is 32.1 Å². The van der Waals surface area contributed by atoms with E-state index in [-0.39, 0.29) is 18.1 Å². The largest absolute Gasteiger partial charge is 0.367 e. The molecule has 0 radical (unpaired) electrons. The molecule has 6 heteroatoms. The number of carbonyl (C=O) groups is 1. The monoisotopic (exact) mass is 300 g/mol. The zero-order valence-corrected chi connectivity index (χ0v) is 12.6. The first-order valence-electron chi connectivity index (χ1n) is 7.53. The van der Waals surface area contributed by atoms with E-state index in [0.717, 1.165) is 5.56 Å². The molecule has 0 saturated carbocycles. The third-order valence-electron chi connectivity index (χ3n) is 3.81. The van der Waals surface area contributed by atoms with Crippen LogP contribution in [0.5, 0.6) is 0 Å². The van der Waals surface area contributed by atoms with Crippen molar-refractivity contribution in [3.05, 3.63) is 48.5 Å². The minimum atomic E-state index is -0.0553. The Hall–Kier alpha value is -2.21. The van der Waals surface area contributed by atoms with Crippen molar-refractivity contribution in [3.63, 3.8) is 0 Å². The topological polar surface area (TPSA) is 60.2 Å². The highest BCUT2D eigenvalue weighted by atomic mass is 16.5. The molecule has 1 amide bonds. The zero-order chi connectivity index (χ0) is 15.4. The second-order valence-electron chi connectivity index (χ2n) is 5.55. The maximum atomic E-state index is 12.4. The number of ether oxygens (including phenoxy) is 1. The SMILES string of the molecule is C[C@@H]1CN(C(=O)CCn2cncn2)C[C@@H](c2ccccc2)O1. The van der Waals surface area contributed by atoms with E-state index in [4.69, 9.17) is 4.74 Å². The van der Waals surface area contributed by atoms with Gasteiger partial charge in [-0.25, -0.2) is 4.98 Å². The molecule has 116 valence electrons. The van der Waals surface area contributed by atoms with Crippen LogP contribution in [-0.2, 0) is 16.1 Å². The van der Waals surface area contributed by atoms with Gasteiger partial charge in [0.05, 0.1) is 19.2 Å². The molecule has 1 aromatic heterocycles. The van der Waals surface area contributed by atoms with Crippen LogP contribution in [0, 0.1) is 0 Å². The summed E-state index contributed by atoms with van der Waals surface area (Å²) in [5, 5.41) is 4.02. The second kappa shape index (κ2) is 6.70. The minimum Gasteiger partial charge on any atom is -0.367 e. The smallest absolute Gasteiger partial charge is 0.224 e. The molecule has 3 rings (SSSR count). The van der Waals surface area contributed by atoms with Gasteiger partial charge >= 0.3 is 0 Å². The summed E-state index contributed by atoms with van der Waals surface area (Å²) in [6, 6.07) is 10.1. The molecule has 1 fully saturated rings. The van der Waals surface area contributed by atoms with Crippen molar-refractivity contribution in [2.75, 3.05) is 13.1 Å². The van der Waals surface area contributed by atoms with E-state index in [0.29, 0.717) is 26.1 Å².